The second-order valence-corrected chi connectivity index (χ2v) is 7.80. The van der Waals surface area contributed by atoms with Crippen LogP contribution in [0.4, 0.5) is 26.2 Å². The zero-order valence-corrected chi connectivity index (χ0v) is 19.0. The minimum absolute atomic E-state index is 0.144. The van der Waals surface area contributed by atoms with Crippen LogP contribution in [0.1, 0.15) is 35.0 Å². The first kappa shape index (κ1) is 23.5. The smallest absolute Gasteiger partial charge is 0.263 e. The van der Waals surface area contributed by atoms with E-state index in [0.29, 0.717) is 37.1 Å². The Bertz CT molecular complexity index is 1170. The molecule has 4 rings (SSSR count). The molecule has 0 bridgehead atoms. The first-order valence-corrected chi connectivity index (χ1v) is 11.1. The van der Waals surface area contributed by atoms with Crippen LogP contribution in [0.25, 0.3) is 11.3 Å². The van der Waals surface area contributed by atoms with E-state index in [9.17, 15) is 13.6 Å². The van der Waals surface area contributed by atoms with Crippen LogP contribution in [0.15, 0.2) is 42.6 Å². The second kappa shape index (κ2) is 10.5. The number of pyridine rings is 1. The SMILES string of the molecule is CCNc1nc(-c2cc(NC(=O)c3cccc(C(F)F)c3)cnc2C)cc(N2CCOCC2)n1. The van der Waals surface area contributed by atoms with E-state index in [1.807, 2.05) is 19.9 Å². The molecule has 8 nitrogen and oxygen atoms in total. The highest BCUT2D eigenvalue weighted by molar-refractivity contribution is 6.04. The van der Waals surface area contributed by atoms with Gasteiger partial charge in [-0.1, -0.05) is 12.1 Å². The zero-order chi connectivity index (χ0) is 24.1. The normalized spacial score (nSPS) is 13.7. The molecule has 1 fully saturated rings. The molecule has 10 heteroatoms. The van der Waals surface area contributed by atoms with E-state index in [-0.39, 0.29) is 11.1 Å². The zero-order valence-electron chi connectivity index (χ0n) is 19.0. The molecular weight excluding hydrogens is 442 g/mol. The highest BCUT2D eigenvalue weighted by Crippen LogP contribution is 2.28. The van der Waals surface area contributed by atoms with Crippen LogP contribution in [0.5, 0.6) is 0 Å². The van der Waals surface area contributed by atoms with Crippen molar-refractivity contribution in [2.75, 3.05) is 48.4 Å². The van der Waals surface area contributed by atoms with Gasteiger partial charge in [-0.25, -0.2) is 13.8 Å². The van der Waals surface area contributed by atoms with E-state index >= 15 is 0 Å². The number of nitrogens with one attached hydrogen (secondary N) is 2. The second-order valence-electron chi connectivity index (χ2n) is 7.80. The number of carbonyl (C=O) groups excluding carboxylic acids is 1. The van der Waals surface area contributed by atoms with Crippen LogP contribution < -0.4 is 15.5 Å². The molecule has 2 aromatic heterocycles. The van der Waals surface area contributed by atoms with Crippen LogP contribution in [0.3, 0.4) is 0 Å². The van der Waals surface area contributed by atoms with E-state index in [2.05, 4.69) is 30.5 Å². The van der Waals surface area contributed by atoms with Crippen LogP contribution in [-0.2, 0) is 4.74 Å². The molecule has 0 spiro atoms. The van der Waals surface area contributed by atoms with Gasteiger partial charge in [0.1, 0.15) is 5.82 Å². The number of hydrogen-bond donors (Lipinski definition) is 2. The maximum atomic E-state index is 13.0. The molecule has 0 aliphatic carbocycles. The molecule has 34 heavy (non-hydrogen) atoms. The summed E-state index contributed by atoms with van der Waals surface area (Å²) in [6.45, 7) is 7.21. The summed E-state index contributed by atoms with van der Waals surface area (Å²) >= 11 is 0. The number of benzene rings is 1. The third-order valence-electron chi connectivity index (χ3n) is 5.40. The van der Waals surface area contributed by atoms with E-state index in [0.717, 1.165) is 30.2 Å². The molecule has 3 heterocycles. The fourth-order valence-electron chi connectivity index (χ4n) is 3.64. The number of amides is 1. The number of nitrogens with zero attached hydrogens (tertiary/aromatic N) is 4. The number of anilines is 3. The van der Waals surface area contributed by atoms with Crippen molar-refractivity contribution in [1.82, 2.24) is 15.0 Å². The third-order valence-corrected chi connectivity index (χ3v) is 5.40. The molecule has 0 unspecified atom stereocenters. The van der Waals surface area contributed by atoms with Crippen LogP contribution in [-0.4, -0.2) is 53.7 Å². The highest BCUT2D eigenvalue weighted by atomic mass is 19.3. The first-order chi connectivity index (χ1) is 16.4. The summed E-state index contributed by atoms with van der Waals surface area (Å²) in [5.74, 6) is 0.783. The van der Waals surface area contributed by atoms with Gasteiger partial charge in [-0.05, 0) is 32.0 Å². The average molecular weight is 469 g/mol. The summed E-state index contributed by atoms with van der Waals surface area (Å²) in [5.41, 5.74) is 2.49. The van der Waals surface area contributed by atoms with Crippen molar-refractivity contribution in [3.05, 3.63) is 59.4 Å². The Kier molecular flexibility index (Phi) is 7.27. The molecule has 1 aliphatic heterocycles. The number of morpholine rings is 1. The van der Waals surface area contributed by atoms with Crippen molar-refractivity contribution >= 4 is 23.4 Å². The minimum Gasteiger partial charge on any atom is -0.378 e. The molecule has 1 aromatic carbocycles. The molecule has 0 atom stereocenters. The van der Waals surface area contributed by atoms with Crippen LogP contribution in [0.2, 0.25) is 0 Å². The van der Waals surface area contributed by atoms with Gasteiger partial charge in [-0.15, -0.1) is 0 Å². The summed E-state index contributed by atoms with van der Waals surface area (Å²) in [4.78, 5) is 28.5. The first-order valence-electron chi connectivity index (χ1n) is 11.1. The highest BCUT2D eigenvalue weighted by Gasteiger charge is 2.18. The van der Waals surface area contributed by atoms with Crippen LogP contribution in [0, 0.1) is 6.92 Å². The maximum absolute atomic E-state index is 13.0. The van der Waals surface area contributed by atoms with Gasteiger partial charge in [0.15, 0.2) is 0 Å². The maximum Gasteiger partial charge on any atom is 0.263 e. The number of halogens is 2. The lowest BCUT2D eigenvalue weighted by molar-refractivity contribution is 0.102. The molecule has 178 valence electrons. The lowest BCUT2D eigenvalue weighted by Crippen LogP contribution is -2.37. The van der Waals surface area contributed by atoms with Gasteiger partial charge in [0.05, 0.1) is 30.8 Å². The molecule has 3 aromatic rings. The largest absolute Gasteiger partial charge is 0.378 e. The van der Waals surface area contributed by atoms with Crippen molar-refractivity contribution in [2.45, 2.75) is 20.3 Å². The number of aromatic nitrogens is 3. The number of hydrogen-bond acceptors (Lipinski definition) is 7. The van der Waals surface area contributed by atoms with Crippen molar-refractivity contribution in [2.24, 2.45) is 0 Å². The summed E-state index contributed by atoms with van der Waals surface area (Å²) in [6, 6.07) is 9.07. The van der Waals surface area contributed by atoms with Gasteiger partial charge in [-0.2, -0.15) is 4.98 Å². The van der Waals surface area contributed by atoms with E-state index < -0.39 is 12.3 Å². The predicted octanol–water partition coefficient (Wildman–Crippen LogP) is 4.31. The van der Waals surface area contributed by atoms with Gasteiger partial charge < -0.3 is 20.3 Å². The van der Waals surface area contributed by atoms with Crippen molar-refractivity contribution in [3.63, 3.8) is 0 Å². The Hall–Kier alpha value is -3.66. The third kappa shape index (κ3) is 5.45. The van der Waals surface area contributed by atoms with Gasteiger partial charge >= 0.3 is 0 Å². The average Bonchev–Trinajstić information content (AvgIpc) is 2.86. The van der Waals surface area contributed by atoms with Gasteiger partial charge in [0, 0.05) is 48.1 Å². The number of rotatable bonds is 7. The van der Waals surface area contributed by atoms with E-state index in [4.69, 9.17) is 4.74 Å². The van der Waals surface area contributed by atoms with E-state index in [1.165, 1.54) is 30.5 Å². The Labute approximate surface area is 196 Å². The van der Waals surface area contributed by atoms with Crippen molar-refractivity contribution < 1.29 is 18.3 Å². The molecule has 0 radical (unpaired) electrons. The summed E-state index contributed by atoms with van der Waals surface area (Å²) in [7, 11) is 0. The number of aryl methyl sites for hydroxylation is 1. The quantitative estimate of drug-likeness (QED) is 0.534. The summed E-state index contributed by atoms with van der Waals surface area (Å²) < 4.78 is 31.5. The Balaban J connectivity index is 1.64. The lowest BCUT2D eigenvalue weighted by atomic mass is 10.1. The summed E-state index contributed by atoms with van der Waals surface area (Å²) in [5, 5.41) is 5.91. The molecule has 1 amide bonds. The van der Waals surface area contributed by atoms with Gasteiger partial charge in [0.2, 0.25) is 5.95 Å². The molecule has 2 N–H and O–H groups in total. The monoisotopic (exact) mass is 468 g/mol. The fraction of sp³-hybridized carbons (Fsp3) is 0.333. The Morgan fingerprint density at radius 3 is 2.71 bits per heavy atom. The number of carbonyl (C=O) groups is 1. The Morgan fingerprint density at radius 1 is 1.18 bits per heavy atom. The molecular formula is C24H26F2N6O2. The molecule has 1 saturated heterocycles. The predicted molar refractivity (Wildman–Crippen MR) is 127 cm³/mol. The van der Waals surface area contributed by atoms with Crippen molar-refractivity contribution in [3.8, 4) is 11.3 Å². The standard InChI is InChI=1S/C24H26F2N6O2/c1-3-27-24-30-20(13-21(31-24)32-7-9-34-10-8-32)19-12-18(14-28-15(19)2)29-23(33)17-6-4-5-16(11-17)22(25)26/h4-6,11-14,22H,3,7-10H2,1-2H3,(H,29,33)(H,27,30,31). The number of ether oxygens (including phenoxy) is 1. The Morgan fingerprint density at radius 2 is 1.97 bits per heavy atom. The minimum atomic E-state index is -2.65. The van der Waals surface area contributed by atoms with Gasteiger partial charge in [0.25, 0.3) is 12.3 Å². The molecule has 0 saturated carbocycles. The lowest BCUT2D eigenvalue weighted by Gasteiger charge is -2.28. The molecule has 1 aliphatic rings. The topological polar surface area (TPSA) is 92.3 Å². The fourth-order valence-corrected chi connectivity index (χ4v) is 3.64. The van der Waals surface area contributed by atoms with Crippen LogP contribution >= 0.6 is 0 Å². The van der Waals surface area contributed by atoms with E-state index in [1.54, 1.807) is 6.07 Å². The van der Waals surface area contributed by atoms with Crippen molar-refractivity contribution in [1.29, 1.82) is 0 Å². The summed E-state index contributed by atoms with van der Waals surface area (Å²) in [6.07, 6.45) is -1.12. The van der Waals surface area contributed by atoms with Gasteiger partial charge in [-0.3, -0.25) is 9.78 Å². The number of alkyl halides is 2.